The summed E-state index contributed by atoms with van der Waals surface area (Å²) in [5.41, 5.74) is 1.30. The van der Waals surface area contributed by atoms with Gasteiger partial charge in [0.1, 0.15) is 5.82 Å². The van der Waals surface area contributed by atoms with Crippen LogP contribution in [0.4, 0.5) is 4.39 Å². The van der Waals surface area contributed by atoms with Gasteiger partial charge in [-0.2, -0.15) is 0 Å². The summed E-state index contributed by atoms with van der Waals surface area (Å²) in [4.78, 5) is 23.1. The van der Waals surface area contributed by atoms with Crippen molar-refractivity contribution < 1.29 is 19.1 Å². The van der Waals surface area contributed by atoms with Crippen molar-refractivity contribution in [3.8, 4) is 0 Å². The van der Waals surface area contributed by atoms with Gasteiger partial charge < -0.3 is 10.4 Å². The van der Waals surface area contributed by atoms with E-state index in [9.17, 15) is 14.0 Å². The molecule has 0 aliphatic heterocycles. The summed E-state index contributed by atoms with van der Waals surface area (Å²) in [5.74, 6) is -1.79. The van der Waals surface area contributed by atoms with E-state index in [2.05, 4.69) is 5.32 Å². The van der Waals surface area contributed by atoms with Crippen molar-refractivity contribution in [2.75, 3.05) is 0 Å². The average Bonchev–Trinajstić information content (AvgIpc) is 2.49. The fraction of sp³-hybridized carbons (Fsp3) is 0.176. The van der Waals surface area contributed by atoms with Crippen LogP contribution in [0, 0.1) is 5.82 Å². The van der Waals surface area contributed by atoms with E-state index in [4.69, 9.17) is 16.7 Å². The Labute approximate surface area is 137 Å². The molecular weight excluding hydrogens is 321 g/mol. The lowest BCUT2D eigenvalue weighted by Gasteiger charge is -2.17. The van der Waals surface area contributed by atoms with E-state index < -0.39 is 17.8 Å². The summed E-state index contributed by atoms with van der Waals surface area (Å²) in [7, 11) is 0. The van der Waals surface area contributed by atoms with Gasteiger partial charge in [-0.25, -0.2) is 4.39 Å². The van der Waals surface area contributed by atoms with Crippen LogP contribution in [-0.2, 0) is 16.0 Å². The van der Waals surface area contributed by atoms with Crippen molar-refractivity contribution in [2.45, 2.75) is 18.9 Å². The first-order valence-electron chi connectivity index (χ1n) is 6.95. The molecule has 4 nitrogen and oxygen atoms in total. The third-order valence-corrected chi connectivity index (χ3v) is 3.52. The Balaban J connectivity index is 2.07. The lowest BCUT2D eigenvalue weighted by Crippen LogP contribution is -2.31. The van der Waals surface area contributed by atoms with Crippen molar-refractivity contribution in [2.24, 2.45) is 0 Å². The number of carbonyl (C=O) groups is 2. The standard InChI is InChI=1S/C17H15ClFNO3/c18-13-5-1-11(2-6-13)9-16(21)20-15(10-17(22)23)12-3-7-14(19)8-4-12/h1-8,15H,9-10H2,(H,20,21)(H,22,23)/t15-/m0/s1. The first kappa shape index (κ1) is 17.0. The topological polar surface area (TPSA) is 66.4 Å². The molecule has 0 saturated carbocycles. The van der Waals surface area contributed by atoms with Gasteiger partial charge in [0, 0.05) is 5.02 Å². The molecule has 1 amide bonds. The maximum atomic E-state index is 13.0. The van der Waals surface area contributed by atoms with Gasteiger partial charge >= 0.3 is 5.97 Å². The second-order valence-corrected chi connectivity index (χ2v) is 5.51. The van der Waals surface area contributed by atoms with E-state index in [-0.39, 0.29) is 18.7 Å². The Morgan fingerprint density at radius 3 is 2.26 bits per heavy atom. The molecule has 1 atom stereocenters. The van der Waals surface area contributed by atoms with Gasteiger partial charge in [-0.1, -0.05) is 35.9 Å². The molecule has 0 radical (unpaired) electrons. The third-order valence-electron chi connectivity index (χ3n) is 3.26. The lowest BCUT2D eigenvalue weighted by atomic mass is 10.0. The van der Waals surface area contributed by atoms with Crippen LogP contribution in [0.2, 0.25) is 5.02 Å². The Bertz CT molecular complexity index is 686. The average molecular weight is 336 g/mol. The minimum Gasteiger partial charge on any atom is -0.481 e. The van der Waals surface area contributed by atoms with Gasteiger partial charge in [0.25, 0.3) is 0 Å². The van der Waals surface area contributed by atoms with E-state index in [1.807, 2.05) is 0 Å². The largest absolute Gasteiger partial charge is 0.481 e. The van der Waals surface area contributed by atoms with Crippen molar-refractivity contribution in [3.63, 3.8) is 0 Å². The first-order valence-corrected chi connectivity index (χ1v) is 7.33. The number of halogens is 2. The molecule has 0 aliphatic rings. The number of hydrogen-bond acceptors (Lipinski definition) is 2. The summed E-state index contributed by atoms with van der Waals surface area (Å²) >= 11 is 5.79. The van der Waals surface area contributed by atoms with E-state index >= 15 is 0 Å². The normalized spacial score (nSPS) is 11.7. The number of nitrogens with one attached hydrogen (secondary N) is 1. The van der Waals surface area contributed by atoms with Crippen molar-refractivity contribution in [3.05, 3.63) is 70.5 Å². The first-order chi connectivity index (χ1) is 10.9. The van der Waals surface area contributed by atoms with Crippen molar-refractivity contribution in [1.82, 2.24) is 5.32 Å². The highest BCUT2D eigenvalue weighted by Gasteiger charge is 2.18. The minimum atomic E-state index is -1.05. The molecule has 0 unspecified atom stereocenters. The van der Waals surface area contributed by atoms with E-state index in [0.717, 1.165) is 5.56 Å². The molecule has 0 spiro atoms. The summed E-state index contributed by atoms with van der Waals surface area (Å²) in [5, 5.41) is 12.2. The molecule has 120 valence electrons. The number of aliphatic carboxylic acids is 1. The fourth-order valence-corrected chi connectivity index (χ4v) is 2.28. The highest BCUT2D eigenvalue weighted by atomic mass is 35.5. The predicted octanol–water partition coefficient (Wildman–Crippen LogP) is 3.35. The van der Waals surface area contributed by atoms with Gasteiger partial charge in [-0.15, -0.1) is 0 Å². The van der Waals surface area contributed by atoms with Gasteiger partial charge in [-0.3, -0.25) is 9.59 Å². The number of rotatable bonds is 6. The van der Waals surface area contributed by atoms with Crippen LogP contribution in [0.5, 0.6) is 0 Å². The molecule has 0 bridgehead atoms. The molecule has 0 fully saturated rings. The van der Waals surface area contributed by atoms with E-state index in [0.29, 0.717) is 10.6 Å². The number of amides is 1. The molecule has 6 heteroatoms. The second-order valence-electron chi connectivity index (χ2n) is 5.07. The number of carbonyl (C=O) groups excluding carboxylic acids is 1. The van der Waals surface area contributed by atoms with Gasteiger partial charge in [0.2, 0.25) is 5.91 Å². The molecule has 0 aromatic heterocycles. The molecule has 2 aromatic rings. The van der Waals surface area contributed by atoms with E-state index in [1.54, 1.807) is 24.3 Å². The van der Waals surface area contributed by atoms with Crippen molar-refractivity contribution >= 4 is 23.5 Å². The molecule has 2 N–H and O–H groups in total. The maximum Gasteiger partial charge on any atom is 0.305 e. The van der Waals surface area contributed by atoms with Gasteiger partial charge in [0.15, 0.2) is 0 Å². The molecule has 2 rings (SSSR count). The van der Waals surface area contributed by atoms with E-state index in [1.165, 1.54) is 24.3 Å². The Morgan fingerprint density at radius 1 is 1.09 bits per heavy atom. The summed E-state index contributed by atoms with van der Waals surface area (Å²) in [6.07, 6.45) is -0.174. The zero-order chi connectivity index (χ0) is 16.8. The van der Waals surface area contributed by atoms with Crippen LogP contribution in [-0.4, -0.2) is 17.0 Å². The summed E-state index contributed by atoms with van der Waals surface area (Å²) < 4.78 is 13.0. The van der Waals surface area contributed by atoms with Gasteiger partial charge in [-0.05, 0) is 35.4 Å². The number of hydrogen-bond donors (Lipinski definition) is 2. The Kier molecular flexibility index (Phi) is 5.71. The predicted molar refractivity (Wildman–Crippen MR) is 84.7 cm³/mol. The van der Waals surface area contributed by atoms with Crippen LogP contribution in [0.1, 0.15) is 23.6 Å². The SMILES string of the molecule is O=C(O)C[C@H](NC(=O)Cc1ccc(Cl)cc1)c1ccc(F)cc1. The molecular formula is C17H15ClFNO3. The summed E-state index contributed by atoms with van der Waals surface area (Å²) in [6, 6.07) is 11.5. The Hall–Kier alpha value is -2.40. The molecule has 0 aliphatic carbocycles. The minimum absolute atomic E-state index is 0.106. The fourth-order valence-electron chi connectivity index (χ4n) is 2.15. The van der Waals surface area contributed by atoms with Crippen LogP contribution in [0.15, 0.2) is 48.5 Å². The Morgan fingerprint density at radius 2 is 1.70 bits per heavy atom. The molecule has 23 heavy (non-hydrogen) atoms. The van der Waals surface area contributed by atoms with Crippen LogP contribution < -0.4 is 5.32 Å². The lowest BCUT2D eigenvalue weighted by molar-refractivity contribution is -0.137. The highest BCUT2D eigenvalue weighted by Crippen LogP contribution is 2.18. The number of carboxylic acid groups (broad SMARTS) is 1. The highest BCUT2D eigenvalue weighted by molar-refractivity contribution is 6.30. The number of carboxylic acids is 1. The summed E-state index contributed by atoms with van der Waals surface area (Å²) in [6.45, 7) is 0. The third kappa shape index (κ3) is 5.38. The quantitative estimate of drug-likeness (QED) is 0.850. The van der Waals surface area contributed by atoms with Crippen LogP contribution in [0.25, 0.3) is 0 Å². The molecule has 2 aromatic carbocycles. The zero-order valence-corrected chi connectivity index (χ0v) is 12.9. The zero-order valence-electron chi connectivity index (χ0n) is 12.1. The second kappa shape index (κ2) is 7.74. The monoisotopic (exact) mass is 335 g/mol. The van der Waals surface area contributed by atoms with Crippen LogP contribution >= 0.6 is 11.6 Å². The van der Waals surface area contributed by atoms with Crippen LogP contribution in [0.3, 0.4) is 0 Å². The molecule has 0 heterocycles. The number of benzene rings is 2. The smallest absolute Gasteiger partial charge is 0.305 e. The maximum absolute atomic E-state index is 13.0. The molecule has 0 saturated heterocycles. The van der Waals surface area contributed by atoms with Crippen molar-refractivity contribution in [1.29, 1.82) is 0 Å². The van der Waals surface area contributed by atoms with Gasteiger partial charge in [0.05, 0.1) is 18.9 Å².